The summed E-state index contributed by atoms with van der Waals surface area (Å²) in [5.41, 5.74) is -1.90. The maximum absolute atomic E-state index is 12.1. The molecule has 0 saturated carbocycles. The summed E-state index contributed by atoms with van der Waals surface area (Å²) >= 11 is 0. The second-order valence-corrected chi connectivity index (χ2v) is 4.93. The summed E-state index contributed by atoms with van der Waals surface area (Å²) in [5.74, 6) is -2.15. The van der Waals surface area contributed by atoms with E-state index in [-0.39, 0.29) is 11.3 Å². The molecule has 0 aromatic heterocycles. The van der Waals surface area contributed by atoms with E-state index in [1.54, 1.807) is 18.2 Å². The maximum Gasteiger partial charge on any atom is 0.352 e. The highest BCUT2D eigenvalue weighted by atomic mass is 16.6. The van der Waals surface area contributed by atoms with E-state index in [1.165, 1.54) is 12.1 Å². The number of allylic oxidation sites excluding steroid dienone is 1. The topological polar surface area (TPSA) is 153 Å². The Balaban J connectivity index is 2.40. The molecule has 2 aromatic rings. The van der Waals surface area contributed by atoms with Crippen molar-refractivity contribution in [3.63, 3.8) is 0 Å². The number of carboxylic acids is 1. The lowest BCUT2D eigenvalue weighted by molar-refractivity contribution is -0.393. The van der Waals surface area contributed by atoms with Crippen molar-refractivity contribution < 1.29 is 24.5 Å². The molecule has 0 unspecified atom stereocenters. The number of carbonyl (C=O) groups is 2. The maximum atomic E-state index is 12.1. The second-order valence-electron chi connectivity index (χ2n) is 4.93. The van der Waals surface area contributed by atoms with Crippen LogP contribution in [0.15, 0.2) is 60.3 Å². The molecule has 0 radical (unpaired) electrons. The predicted molar refractivity (Wildman–Crippen MR) is 89.9 cm³/mol. The average molecular weight is 357 g/mol. The molecule has 0 spiro atoms. The zero-order valence-corrected chi connectivity index (χ0v) is 13.0. The molecule has 0 aliphatic heterocycles. The molecule has 0 fully saturated rings. The molecule has 10 heteroatoms. The lowest BCUT2D eigenvalue weighted by atomic mass is 10.1. The van der Waals surface area contributed by atoms with Gasteiger partial charge in [0.2, 0.25) is 0 Å². The van der Waals surface area contributed by atoms with Crippen LogP contribution in [-0.4, -0.2) is 26.7 Å². The Hall–Kier alpha value is -4.08. The number of ketones is 1. The Morgan fingerprint density at radius 1 is 1.00 bits per heavy atom. The summed E-state index contributed by atoms with van der Waals surface area (Å²) in [6, 6.07) is 10.5. The van der Waals surface area contributed by atoms with Crippen LogP contribution in [0, 0.1) is 20.2 Å². The van der Waals surface area contributed by atoms with Crippen molar-refractivity contribution in [1.82, 2.24) is 0 Å². The first kappa shape index (κ1) is 18.3. The van der Waals surface area contributed by atoms with Crippen molar-refractivity contribution in [1.29, 1.82) is 0 Å². The number of nitrogens with one attached hydrogen (secondary N) is 1. The number of anilines is 1. The second kappa shape index (κ2) is 7.66. The number of nitrogens with zero attached hydrogens (tertiary/aromatic N) is 2. The molecule has 0 bridgehead atoms. The van der Waals surface area contributed by atoms with Gasteiger partial charge in [0.05, 0.1) is 15.9 Å². The number of nitro groups is 2. The highest BCUT2D eigenvalue weighted by Crippen LogP contribution is 2.30. The van der Waals surface area contributed by atoms with E-state index < -0.39 is 38.7 Å². The van der Waals surface area contributed by atoms with E-state index in [4.69, 9.17) is 0 Å². The van der Waals surface area contributed by atoms with Crippen molar-refractivity contribution in [2.45, 2.75) is 0 Å². The van der Waals surface area contributed by atoms with Crippen molar-refractivity contribution >= 4 is 28.8 Å². The third-order valence-corrected chi connectivity index (χ3v) is 3.22. The average Bonchev–Trinajstić information content (AvgIpc) is 2.61. The number of carboxylic acid groups (broad SMARTS) is 1. The molecule has 0 saturated heterocycles. The van der Waals surface area contributed by atoms with Crippen LogP contribution >= 0.6 is 0 Å². The van der Waals surface area contributed by atoms with Crippen LogP contribution in [-0.2, 0) is 4.79 Å². The smallest absolute Gasteiger partial charge is 0.352 e. The first-order valence-electron chi connectivity index (χ1n) is 7.04. The molecule has 0 aliphatic carbocycles. The molecule has 0 heterocycles. The zero-order chi connectivity index (χ0) is 19.3. The Bertz CT molecular complexity index is 923. The minimum Gasteiger partial charge on any atom is -0.477 e. The third kappa shape index (κ3) is 4.26. The van der Waals surface area contributed by atoms with Gasteiger partial charge in [-0.3, -0.25) is 25.0 Å². The Labute approximate surface area is 145 Å². The third-order valence-electron chi connectivity index (χ3n) is 3.22. The van der Waals surface area contributed by atoms with Gasteiger partial charge >= 0.3 is 5.97 Å². The van der Waals surface area contributed by atoms with Gasteiger partial charge in [-0.15, -0.1) is 0 Å². The van der Waals surface area contributed by atoms with Gasteiger partial charge in [0.1, 0.15) is 11.4 Å². The van der Waals surface area contributed by atoms with Gasteiger partial charge < -0.3 is 10.4 Å². The van der Waals surface area contributed by atoms with Gasteiger partial charge in [-0.2, -0.15) is 0 Å². The quantitative estimate of drug-likeness (QED) is 0.332. The minimum absolute atomic E-state index is 0.228. The molecule has 0 amide bonds. The lowest BCUT2D eigenvalue weighted by Gasteiger charge is -2.08. The fraction of sp³-hybridized carbons (Fsp3) is 0. The first-order valence-corrected chi connectivity index (χ1v) is 7.04. The van der Waals surface area contributed by atoms with Crippen molar-refractivity contribution in [2.24, 2.45) is 0 Å². The standard InChI is InChI=1S/C16H11N3O7/c20-15(10-4-2-1-3-5-10)9-13(16(21)22)17-12-7-6-11(18(23)24)8-14(12)19(25)26/h1-9,17H,(H,21,22)/b13-9-. The number of carbonyl (C=O) groups excluding carboxylic acids is 1. The van der Waals surface area contributed by atoms with E-state index in [1.807, 2.05) is 0 Å². The number of hydrogen-bond acceptors (Lipinski definition) is 7. The van der Waals surface area contributed by atoms with Crippen molar-refractivity contribution in [2.75, 3.05) is 5.32 Å². The van der Waals surface area contributed by atoms with Crippen LogP contribution < -0.4 is 5.32 Å². The molecule has 0 atom stereocenters. The van der Waals surface area contributed by atoms with Crippen LogP contribution in [0.3, 0.4) is 0 Å². The fourth-order valence-electron chi connectivity index (χ4n) is 2.00. The molecule has 2 N–H and O–H groups in total. The van der Waals surface area contributed by atoms with Crippen LogP contribution in [0.1, 0.15) is 10.4 Å². The number of aliphatic carboxylic acids is 1. The summed E-state index contributed by atoms with van der Waals surface area (Å²) in [4.78, 5) is 43.6. The number of hydrogen-bond donors (Lipinski definition) is 2. The highest BCUT2D eigenvalue weighted by molar-refractivity contribution is 6.09. The number of benzene rings is 2. The number of rotatable bonds is 7. The largest absolute Gasteiger partial charge is 0.477 e. The SMILES string of the molecule is O=C(O)/C(=C/C(=O)c1ccccc1)Nc1ccc([N+](=O)[O-])cc1[N+](=O)[O-]. The first-order chi connectivity index (χ1) is 12.3. The van der Waals surface area contributed by atoms with Gasteiger partial charge in [-0.1, -0.05) is 30.3 Å². The summed E-state index contributed by atoms with van der Waals surface area (Å²) < 4.78 is 0. The van der Waals surface area contributed by atoms with E-state index in [0.717, 1.165) is 18.2 Å². The Kier molecular flexibility index (Phi) is 5.38. The summed E-state index contributed by atoms with van der Waals surface area (Å²) in [6.45, 7) is 0. The van der Waals surface area contributed by atoms with Crippen molar-refractivity contribution in [3.05, 3.63) is 86.1 Å². The van der Waals surface area contributed by atoms with E-state index in [0.29, 0.717) is 6.07 Å². The molecule has 2 aromatic carbocycles. The molecule has 0 aliphatic rings. The minimum atomic E-state index is -1.53. The monoisotopic (exact) mass is 357 g/mol. The van der Waals surface area contributed by atoms with Crippen molar-refractivity contribution in [3.8, 4) is 0 Å². The number of nitro benzene ring substituents is 2. The summed E-state index contributed by atoms with van der Waals surface area (Å²) in [7, 11) is 0. The Morgan fingerprint density at radius 3 is 2.19 bits per heavy atom. The molecule has 2 rings (SSSR count). The van der Waals surface area contributed by atoms with Crippen LogP contribution in [0.25, 0.3) is 0 Å². The van der Waals surface area contributed by atoms with E-state index in [2.05, 4.69) is 5.32 Å². The molecule has 10 nitrogen and oxygen atoms in total. The normalized spacial score (nSPS) is 10.8. The fourth-order valence-corrected chi connectivity index (χ4v) is 2.00. The molecular formula is C16H11N3O7. The van der Waals surface area contributed by atoms with Gasteiger partial charge in [-0.05, 0) is 6.07 Å². The predicted octanol–water partition coefficient (Wildman–Crippen LogP) is 2.77. The zero-order valence-electron chi connectivity index (χ0n) is 13.0. The Morgan fingerprint density at radius 2 is 1.65 bits per heavy atom. The molecule has 26 heavy (non-hydrogen) atoms. The molecular weight excluding hydrogens is 346 g/mol. The van der Waals surface area contributed by atoms with Gasteiger partial charge in [0.15, 0.2) is 5.78 Å². The molecule has 132 valence electrons. The van der Waals surface area contributed by atoms with Gasteiger partial charge in [0, 0.05) is 17.7 Å². The van der Waals surface area contributed by atoms with E-state index in [9.17, 15) is 34.9 Å². The summed E-state index contributed by atoms with van der Waals surface area (Å²) in [5, 5.41) is 33.3. The van der Waals surface area contributed by atoms with Crippen LogP contribution in [0.4, 0.5) is 17.1 Å². The van der Waals surface area contributed by atoms with E-state index >= 15 is 0 Å². The van der Waals surface area contributed by atoms with Gasteiger partial charge in [0.25, 0.3) is 11.4 Å². The number of non-ortho nitro benzene ring substituents is 1. The lowest BCUT2D eigenvalue weighted by Crippen LogP contribution is -2.14. The van der Waals surface area contributed by atoms with Gasteiger partial charge in [-0.25, -0.2) is 4.79 Å². The highest BCUT2D eigenvalue weighted by Gasteiger charge is 2.22. The summed E-state index contributed by atoms with van der Waals surface area (Å²) in [6.07, 6.45) is 0.781. The van der Waals surface area contributed by atoms with Crippen LogP contribution in [0.5, 0.6) is 0 Å². The van der Waals surface area contributed by atoms with Crippen LogP contribution in [0.2, 0.25) is 0 Å².